The van der Waals surface area contributed by atoms with Crippen LogP contribution in [0, 0.1) is 0 Å². The number of hydrogen-bond donors (Lipinski definition) is 0. The molecule has 0 nitrogen and oxygen atoms in total. The van der Waals surface area contributed by atoms with E-state index in [9.17, 15) is 3.89 Å². The van der Waals surface area contributed by atoms with E-state index in [-0.39, 0.29) is 0 Å². The van der Waals surface area contributed by atoms with E-state index in [1.807, 2.05) is 24.3 Å². The lowest BCUT2D eigenvalue weighted by atomic mass is 10.0. The fraction of sp³-hybridized carbons (Fsp3) is 0.286. The smallest absolute Gasteiger partial charge is 0.0812 e. The van der Waals surface area contributed by atoms with Gasteiger partial charge in [0.1, 0.15) is 0 Å². The Morgan fingerprint density at radius 3 is 2.88 bits per heavy atom. The molecule has 1 aromatic rings. The highest BCUT2D eigenvalue weighted by Gasteiger charge is 2.01. The molecular weight excluding hydrogens is 219 g/mol. The molecule has 0 atom stereocenters. The maximum atomic E-state index is 12.5. The van der Waals surface area contributed by atoms with Gasteiger partial charge in [-0.3, -0.25) is 0 Å². The lowest BCUT2D eigenvalue weighted by molar-refractivity contribution is 0.932. The summed E-state index contributed by atoms with van der Waals surface area (Å²) in [5.74, 6) is 0. The van der Waals surface area contributed by atoms with Gasteiger partial charge in [0.2, 0.25) is 0 Å². The molecule has 0 fully saturated rings. The summed E-state index contributed by atoms with van der Waals surface area (Å²) in [5.41, 5.74) is 2.37. The van der Waals surface area contributed by atoms with Crippen LogP contribution < -0.4 is 0 Å². The Balaban J connectivity index is 2.95. The first-order valence-corrected chi connectivity index (χ1v) is 6.22. The minimum absolute atomic E-state index is 0.295. The molecular formula is C14H17FS. The quantitative estimate of drug-likeness (QED) is 0.611. The van der Waals surface area contributed by atoms with Crippen molar-refractivity contribution in [3.63, 3.8) is 0 Å². The van der Waals surface area contributed by atoms with Crippen molar-refractivity contribution in [3.05, 3.63) is 48.1 Å². The Morgan fingerprint density at radius 2 is 2.25 bits per heavy atom. The highest BCUT2D eigenvalue weighted by Crippen LogP contribution is 2.24. The van der Waals surface area contributed by atoms with E-state index in [0.717, 1.165) is 24.8 Å². The van der Waals surface area contributed by atoms with Crippen molar-refractivity contribution in [2.45, 2.75) is 31.1 Å². The van der Waals surface area contributed by atoms with Gasteiger partial charge < -0.3 is 0 Å². The van der Waals surface area contributed by atoms with Crippen molar-refractivity contribution in [2.75, 3.05) is 0 Å². The number of benzene rings is 1. The number of rotatable bonds is 6. The van der Waals surface area contributed by atoms with Gasteiger partial charge in [0.05, 0.1) is 12.1 Å². The third-order valence-electron chi connectivity index (χ3n) is 2.36. The second-order valence-corrected chi connectivity index (χ2v) is 4.20. The molecule has 0 bridgehead atoms. The predicted molar refractivity (Wildman–Crippen MR) is 71.3 cm³/mol. The first-order valence-electron chi connectivity index (χ1n) is 5.50. The van der Waals surface area contributed by atoms with Gasteiger partial charge in [0.15, 0.2) is 0 Å². The van der Waals surface area contributed by atoms with Gasteiger partial charge in [-0.2, -0.15) is 3.89 Å². The van der Waals surface area contributed by atoms with Crippen LogP contribution in [0.3, 0.4) is 0 Å². The Labute approximate surface area is 102 Å². The van der Waals surface area contributed by atoms with Crippen LogP contribution in [0.25, 0.3) is 6.08 Å². The summed E-state index contributed by atoms with van der Waals surface area (Å²) in [5, 5.41) is 0. The first kappa shape index (κ1) is 13.0. The molecule has 0 aromatic heterocycles. The molecule has 16 heavy (non-hydrogen) atoms. The van der Waals surface area contributed by atoms with Crippen LogP contribution in [0.15, 0.2) is 41.8 Å². The highest BCUT2D eigenvalue weighted by molar-refractivity contribution is 7.94. The molecule has 0 aliphatic carbocycles. The SMILES string of the molecule is C=CCCc1ccc(SF)cc1/C=C/CC. The molecule has 0 N–H and O–H groups in total. The molecule has 0 amide bonds. The van der Waals surface area contributed by atoms with E-state index < -0.39 is 0 Å². The molecule has 0 saturated carbocycles. The summed E-state index contributed by atoms with van der Waals surface area (Å²) < 4.78 is 12.5. The van der Waals surface area contributed by atoms with Crippen LogP contribution >= 0.6 is 12.1 Å². The number of hydrogen-bond acceptors (Lipinski definition) is 1. The summed E-state index contributed by atoms with van der Waals surface area (Å²) in [6.45, 7) is 5.81. The molecule has 1 aromatic carbocycles. The second kappa shape index (κ2) is 7.29. The molecule has 0 radical (unpaired) electrons. The third-order valence-corrected chi connectivity index (χ3v) is 2.79. The normalized spacial score (nSPS) is 10.9. The fourth-order valence-electron chi connectivity index (χ4n) is 1.51. The first-order chi connectivity index (χ1) is 7.81. The Bertz CT molecular complexity index is 369. The van der Waals surface area contributed by atoms with Crippen LogP contribution in [0.4, 0.5) is 3.89 Å². The zero-order valence-corrected chi connectivity index (χ0v) is 10.4. The van der Waals surface area contributed by atoms with Crippen LogP contribution in [0.5, 0.6) is 0 Å². The third kappa shape index (κ3) is 3.86. The van der Waals surface area contributed by atoms with Crippen molar-refractivity contribution >= 4 is 18.2 Å². The van der Waals surface area contributed by atoms with Crippen molar-refractivity contribution in [1.29, 1.82) is 0 Å². The van der Waals surface area contributed by atoms with Crippen molar-refractivity contribution in [1.82, 2.24) is 0 Å². The summed E-state index contributed by atoms with van der Waals surface area (Å²) in [4.78, 5) is 0.665. The van der Waals surface area contributed by atoms with Gasteiger partial charge in [-0.1, -0.05) is 31.2 Å². The second-order valence-electron chi connectivity index (χ2n) is 3.58. The summed E-state index contributed by atoms with van der Waals surface area (Å²) in [6.07, 6.45) is 8.98. The van der Waals surface area contributed by atoms with E-state index in [1.165, 1.54) is 5.56 Å². The van der Waals surface area contributed by atoms with E-state index in [2.05, 4.69) is 25.7 Å². The topological polar surface area (TPSA) is 0 Å². The number of halogens is 1. The van der Waals surface area contributed by atoms with Crippen LogP contribution in [-0.2, 0) is 6.42 Å². The van der Waals surface area contributed by atoms with Gasteiger partial charge in [0, 0.05) is 4.90 Å². The van der Waals surface area contributed by atoms with Crippen molar-refractivity contribution in [2.24, 2.45) is 0 Å². The standard InChI is InChI=1S/C14H17FS/c1-3-5-7-12-9-10-14(16-15)11-13(12)8-6-4-2/h3,6,8-11H,1,4-5,7H2,2H3/b8-6+. The largest absolute Gasteiger partial charge is 0.160 e. The van der Waals surface area contributed by atoms with E-state index in [1.54, 1.807) is 0 Å². The summed E-state index contributed by atoms with van der Waals surface area (Å²) in [7, 11) is 0. The molecule has 86 valence electrons. The van der Waals surface area contributed by atoms with Gasteiger partial charge >= 0.3 is 0 Å². The molecule has 0 aliphatic rings. The molecule has 0 unspecified atom stereocenters. The molecule has 1 rings (SSSR count). The predicted octanol–water partition coefficient (Wildman–Crippen LogP) is 5.21. The highest BCUT2D eigenvalue weighted by atomic mass is 32.2. The van der Waals surface area contributed by atoms with Gasteiger partial charge in [0.25, 0.3) is 0 Å². The molecule has 0 aliphatic heterocycles. The molecule has 0 heterocycles. The van der Waals surface area contributed by atoms with Gasteiger partial charge in [-0.05, 0) is 42.5 Å². The minimum atomic E-state index is 0.295. The zero-order valence-electron chi connectivity index (χ0n) is 9.58. The Morgan fingerprint density at radius 1 is 1.44 bits per heavy atom. The summed E-state index contributed by atoms with van der Waals surface area (Å²) >= 11 is 0.295. The Kier molecular flexibility index (Phi) is 5.94. The van der Waals surface area contributed by atoms with Gasteiger partial charge in [-0.25, -0.2) is 0 Å². The maximum absolute atomic E-state index is 12.5. The molecule has 0 saturated heterocycles. The van der Waals surface area contributed by atoms with Gasteiger partial charge in [-0.15, -0.1) is 6.58 Å². The number of allylic oxidation sites excluding steroid dienone is 2. The Hall–Kier alpha value is -1.02. The van der Waals surface area contributed by atoms with Crippen LogP contribution in [0.1, 0.15) is 30.9 Å². The fourth-order valence-corrected chi connectivity index (χ4v) is 1.80. The average Bonchev–Trinajstić information content (AvgIpc) is 2.34. The zero-order chi connectivity index (χ0) is 11.8. The van der Waals surface area contributed by atoms with Crippen molar-refractivity contribution in [3.8, 4) is 0 Å². The molecule has 0 spiro atoms. The maximum Gasteiger partial charge on any atom is 0.0812 e. The lowest BCUT2D eigenvalue weighted by Crippen LogP contribution is -1.89. The monoisotopic (exact) mass is 236 g/mol. The minimum Gasteiger partial charge on any atom is -0.160 e. The van der Waals surface area contributed by atoms with Crippen LogP contribution in [-0.4, -0.2) is 0 Å². The lowest BCUT2D eigenvalue weighted by Gasteiger charge is -2.06. The summed E-state index contributed by atoms with van der Waals surface area (Å²) in [6, 6.07) is 5.72. The van der Waals surface area contributed by atoms with E-state index in [0.29, 0.717) is 17.0 Å². The van der Waals surface area contributed by atoms with Crippen molar-refractivity contribution < 1.29 is 3.89 Å². The van der Waals surface area contributed by atoms with E-state index in [4.69, 9.17) is 0 Å². The number of aryl methyl sites for hydroxylation is 1. The van der Waals surface area contributed by atoms with Crippen LogP contribution in [0.2, 0.25) is 0 Å². The van der Waals surface area contributed by atoms with E-state index >= 15 is 0 Å². The molecule has 2 heteroatoms. The average molecular weight is 236 g/mol.